The van der Waals surface area contributed by atoms with Crippen LogP contribution in [-0.2, 0) is 9.53 Å². The molecule has 0 heterocycles. The van der Waals surface area contributed by atoms with Crippen LogP contribution in [0.25, 0.3) is 5.57 Å². The molecule has 28 heavy (non-hydrogen) atoms. The summed E-state index contributed by atoms with van der Waals surface area (Å²) in [6, 6.07) is 17.2. The molecule has 0 bridgehead atoms. The SMILES string of the molecule is CC(C)(C)OC(=O)CC1CC=C(c2ccc(C(=O)c3ccccc3)cc2)CC1. The lowest BCUT2D eigenvalue weighted by atomic mass is 9.84. The van der Waals surface area contributed by atoms with Crippen molar-refractivity contribution in [1.29, 1.82) is 0 Å². The molecule has 0 aromatic heterocycles. The van der Waals surface area contributed by atoms with Crippen molar-refractivity contribution in [3.8, 4) is 0 Å². The minimum atomic E-state index is -0.425. The lowest BCUT2D eigenvalue weighted by molar-refractivity contribution is -0.156. The van der Waals surface area contributed by atoms with Crippen molar-refractivity contribution in [3.63, 3.8) is 0 Å². The highest BCUT2D eigenvalue weighted by Gasteiger charge is 2.22. The number of esters is 1. The van der Waals surface area contributed by atoms with E-state index in [0.29, 0.717) is 23.5 Å². The van der Waals surface area contributed by atoms with E-state index in [1.54, 1.807) is 0 Å². The summed E-state index contributed by atoms with van der Waals surface area (Å²) in [6.07, 6.45) is 5.52. The van der Waals surface area contributed by atoms with Crippen molar-refractivity contribution in [1.82, 2.24) is 0 Å². The number of carbonyl (C=O) groups excluding carboxylic acids is 2. The minimum Gasteiger partial charge on any atom is -0.460 e. The molecule has 1 unspecified atom stereocenters. The molecule has 0 N–H and O–H groups in total. The van der Waals surface area contributed by atoms with Crippen LogP contribution in [0.2, 0.25) is 0 Å². The first-order valence-electron chi connectivity index (χ1n) is 9.93. The zero-order valence-electron chi connectivity index (χ0n) is 16.9. The van der Waals surface area contributed by atoms with E-state index in [1.807, 2.05) is 75.4 Å². The number of allylic oxidation sites excluding steroid dienone is 2. The lowest BCUT2D eigenvalue weighted by Gasteiger charge is -2.24. The normalized spacial score (nSPS) is 17.0. The maximum Gasteiger partial charge on any atom is 0.306 e. The second-order valence-corrected chi connectivity index (χ2v) is 8.43. The highest BCUT2D eigenvalue weighted by atomic mass is 16.6. The summed E-state index contributed by atoms with van der Waals surface area (Å²) in [5, 5.41) is 0. The molecule has 0 spiro atoms. The van der Waals surface area contributed by atoms with Gasteiger partial charge in [0.25, 0.3) is 0 Å². The van der Waals surface area contributed by atoms with Gasteiger partial charge in [-0.2, -0.15) is 0 Å². The molecule has 3 rings (SSSR count). The fourth-order valence-electron chi connectivity index (χ4n) is 3.55. The van der Waals surface area contributed by atoms with Gasteiger partial charge in [-0.1, -0.05) is 60.7 Å². The number of hydrogen-bond donors (Lipinski definition) is 0. The van der Waals surface area contributed by atoms with Gasteiger partial charge in [-0.15, -0.1) is 0 Å². The summed E-state index contributed by atoms with van der Waals surface area (Å²) in [5.74, 6) is 0.276. The monoisotopic (exact) mass is 376 g/mol. The number of ether oxygens (including phenoxy) is 1. The van der Waals surface area contributed by atoms with Crippen molar-refractivity contribution in [2.24, 2.45) is 5.92 Å². The first-order valence-corrected chi connectivity index (χ1v) is 9.93. The molecule has 0 radical (unpaired) electrons. The molecule has 0 saturated carbocycles. The van der Waals surface area contributed by atoms with Gasteiger partial charge in [-0.05, 0) is 57.1 Å². The Bertz CT molecular complexity index is 855. The van der Waals surface area contributed by atoms with Crippen LogP contribution in [0.4, 0.5) is 0 Å². The molecule has 3 heteroatoms. The second-order valence-electron chi connectivity index (χ2n) is 8.43. The Morgan fingerprint density at radius 3 is 2.18 bits per heavy atom. The third kappa shape index (κ3) is 5.41. The summed E-state index contributed by atoms with van der Waals surface area (Å²) in [4.78, 5) is 24.5. The maximum atomic E-state index is 12.5. The van der Waals surface area contributed by atoms with Crippen molar-refractivity contribution < 1.29 is 14.3 Å². The quantitative estimate of drug-likeness (QED) is 0.487. The van der Waals surface area contributed by atoms with Crippen LogP contribution in [-0.4, -0.2) is 17.4 Å². The van der Waals surface area contributed by atoms with Crippen molar-refractivity contribution in [2.75, 3.05) is 0 Å². The van der Waals surface area contributed by atoms with Gasteiger partial charge in [-0.3, -0.25) is 9.59 Å². The number of ketones is 1. The average molecular weight is 376 g/mol. The van der Waals surface area contributed by atoms with E-state index >= 15 is 0 Å². The van der Waals surface area contributed by atoms with E-state index in [9.17, 15) is 9.59 Å². The number of hydrogen-bond acceptors (Lipinski definition) is 3. The van der Waals surface area contributed by atoms with Crippen LogP contribution in [0, 0.1) is 5.92 Å². The van der Waals surface area contributed by atoms with Crippen LogP contribution in [0.15, 0.2) is 60.7 Å². The molecule has 0 aliphatic heterocycles. The standard InChI is InChI=1S/C25H28O3/c1-25(2,3)28-23(26)17-18-9-11-19(12-10-18)20-13-15-22(16-14-20)24(27)21-7-5-4-6-8-21/h4-8,11,13-16,18H,9-10,12,17H2,1-3H3. The van der Waals surface area contributed by atoms with Crippen LogP contribution >= 0.6 is 0 Å². The fourth-order valence-corrected chi connectivity index (χ4v) is 3.55. The predicted molar refractivity (Wildman–Crippen MR) is 112 cm³/mol. The number of rotatable bonds is 5. The summed E-state index contributed by atoms with van der Waals surface area (Å²) in [6.45, 7) is 5.70. The summed E-state index contributed by atoms with van der Waals surface area (Å²) in [5.41, 5.74) is 3.43. The highest BCUT2D eigenvalue weighted by molar-refractivity contribution is 6.09. The van der Waals surface area contributed by atoms with Crippen molar-refractivity contribution >= 4 is 17.3 Å². The molecule has 0 amide bonds. The van der Waals surface area contributed by atoms with Crippen molar-refractivity contribution in [2.45, 2.75) is 52.1 Å². The molecule has 0 fully saturated rings. The smallest absolute Gasteiger partial charge is 0.306 e. The summed E-state index contributed by atoms with van der Waals surface area (Å²) < 4.78 is 5.43. The van der Waals surface area contributed by atoms with Gasteiger partial charge >= 0.3 is 5.97 Å². The van der Waals surface area contributed by atoms with Crippen LogP contribution in [0.3, 0.4) is 0 Å². The van der Waals surface area contributed by atoms with E-state index < -0.39 is 5.60 Å². The van der Waals surface area contributed by atoms with Crippen LogP contribution < -0.4 is 0 Å². The van der Waals surface area contributed by atoms with Gasteiger partial charge in [0.15, 0.2) is 5.78 Å². The third-order valence-electron chi connectivity index (χ3n) is 4.95. The minimum absolute atomic E-state index is 0.0437. The van der Waals surface area contributed by atoms with Crippen molar-refractivity contribution in [3.05, 3.63) is 77.4 Å². The molecule has 3 nitrogen and oxygen atoms in total. The van der Waals surface area contributed by atoms with Crippen LogP contribution in [0.1, 0.15) is 67.9 Å². The highest BCUT2D eigenvalue weighted by Crippen LogP contribution is 2.32. The van der Waals surface area contributed by atoms with E-state index in [4.69, 9.17) is 4.74 Å². The fraction of sp³-hybridized carbons (Fsp3) is 0.360. The molecule has 2 aromatic rings. The van der Waals surface area contributed by atoms with E-state index in [2.05, 4.69) is 6.08 Å². The summed E-state index contributed by atoms with van der Waals surface area (Å²) in [7, 11) is 0. The van der Waals surface area contributed by atoms with Gasteiger partial charge in [-0.25, -0.2) is 0 Å². The topological polar surface area (TPSA) is 43.4 Å². The molecule has 1 aliphatic rings. The van der Waals surface area contributed by atoms with E-state index in [-0.39, 0.29) is 11.8 Å². The third-order valence-corrected chi connectivity index (χ3v) is 4.95. The Kier molecular flexibility index (Phi) is 6.13. The average Bonchev–Trinajstić information content (AvgIpc) is 2.67. The summed E-state index contributed by atoms with van der Waals surface area (Å²) >= 11 is 0. The molecule has 1 atom stereocenters. The Labute approximate surface area is 167 Å². The first kappa shape index (κ1) is 20.1. The van der Waals surface area contributed by atoms with Gasteiger partial charge < -0.3 is 4.74 Å². The molecule has 2 aromatic carbocycles. The van der Waals surface area contributed by atoms with Gasteiger partial charge in [0, 0.05) is 17.5 Å². The zero-order chi connectivity index (χ0) is 20.1. The Morgan fingerprint density at radius 2 is 1.61 bits per heavy atom. The first-order chi connectivity index (χ1) is 13.3. The lowest BCUT2D eigenvalue weighted by Crippen LogP contribution is -2.25. The van der Waals surface area contributed by atoms with Crippen LogP contribution in [0.5, 0.6) is 0 Å². The Hall–Kier alpha value is -2.68. The van der Waals surface area contributed by atoms with E-state index in [1.165, 1.54) is 5.57 Å². The van der Waals surface area contributed by atoms with Gasteiger partial charge in [0.05, 0.1) is 0 Å². The molecular formula is C25H28O3. The second kappa shape index (κ2) is 8.55. The molecule has 0 saturated heterocycles. The predicted octanol–water partition coefficient (Wildman–Crippen LogP) is 5.83. The maximum absolute atomic E-state index is 12.5. The molecular weight excluding hydrogens is 348 g/mol. The number of carbonyl (C=O) groups is 2. The molecule has 146 valence electrons. The van der Waals surface area contributed by atoms with Gasteiger partial charge in [0.2, 0.25) is 0 Å². The molecule has 1 aliphatic carbocycles. The Balaban J connectivity index is 1.60. The zero-order valence-corrected chi connectivity index (χ0v) is 16.9. The van der Waals surface area contributed by atoms with E-state index in [0.717, 1.165) is 24.8 Å². The number of benzene rings is 2. The largest absolute Gasteiger partial charge is 0.460 e. The van der Waals surface area contributed by atoms with Gasteiger partial charge in [0.1, 0.15) is 5.60 Å². The Morgan fingerprint density at radius 1 is 0.964 bits per heavy atom.